The summed E-state index contributed by atoms with van der Waals surface area (Å²) in [6, 6.07) is 8.51. The van der Waals surface area contributed by atoms with Gasteiger partial charge in [0.2, 0.25) is 0 Å². The van der Waals surface area contributed by atoms with Crippen molar-refractivity contribution in [1.29, 1.82) is 0 Å². The average Bonchev–Trinajstić information content (AvgIpc) is 2.58. The number of allylic oxidation sites excluding steroid dienone is 2. The summed E-state index contributed by atoms with van der Waals surface area (Å²) in [4.78, 5) is 2.17. The Balaban J connectivity index is 2.26. The van der Waals surface area contributed by atoms with Gasteiger partial charge in [0, 0.05) is 6.54 Å². The number of hydrogen-bond acceptors (Lipinski definition) is 1. The molecular weight excluding hydrogens is 170 g/mol. The smallest absolute Gasteiger partial charge is 0.0166 e. The molecule has 1 aromatic carbocycles. The Morgan fingerprint density at radius 1 is 1.14 bits per heavy atom. The number of benzene rings is 1. The molecule has 0 heterocycles. The number of likely N-dealkylation sites (N-methyl/N-ethyl adjacent to an activating group) is 1. The lowest BCUT2D eigenvalue weighted by molar-refractivity contribution is 0.457. The summed E-state index contributed by atoms with van der Waals surface area (Å²) in [5.74, 6) is 0. The molecule has 1 aliphatic carbocycles. The van der Waals surface area contributed by atoms with Crippen LogP contribution in [0.15, 0.2) is 36.4 Å². The molecule has 0 atom stereocenters. The molecule has 0 N–H and O–H groups in total. The molecule has 0 saturated carbocycles. The highest BCUT2D eigenvalue weighted by Crippen LogP contribution is 2.28. The van der Waals surface area contributed by atoms with Crippen LogP contribution < -0.4 is 0 Å². The molecule has 1 heteroatoms. The van der Waals surface area contributed by atoms with Crippen LogP contribution in [-0.4, -0.2) is 25.5 Å². The molecule has 2 rings (SSSR count). The second kappa shape index (κ2) is 3.81. The van der Waals surface area contributed by atoms with Gasteiger partial charge >= 0.3 is 0 Å². The van der Waals surface area contributed by atoms with Crippen LogP contribution in [0.25, 0.3) is 11.6 Å². The summed E-state index contributed by atoms with van der Waals surface area (Å²) in [6.07, 6.45) is 6.63. The van der Waals surface area contributed by atoms with Gasteiger partial charge in [-0.25, -0.2) is 0 Å². The zero-order chi connectivity index (χ0) is 9.97. The molecule has 0 spiro atoms. The maximum absolute atomic E-state index is 2.27. The molecule has 0 amide bonds. The summed E-state index contributed by atoms with van der Waals surface area (Å²) in [6.45, 7) is 0.994. The molecule has 1 aliphatic rings. The maximum Gasteiger partial charge on any atom is 0.0166 e. The zero-order valence-electron chi connectivity index (χ0n) is 8.70. The number of fused-ring (bicyclic) bond motifs is 1. The third kappa shape index (κ3) is 1.78. The van der Waals surface area contributed by atoms with E-state index in [0.29, 0.717) is 0 Å². The highest BCUT2D eigenvalue weighted by atomic mass is 15.0. The predicted molar refractivity (Wildman–Crippen MR) is 62.0 cm³/mol. The Kier molecular flexibility index (Phi) is 2.51. The van der Waals surface area contributed by atoms with Crippen molar-refractivity contribution < 1.29 is 0 Å². The van der Waals surface area contributed by atoms with E-state index in [1.54, 1.807) is 0 Å². The largest absolute Gasteiger partial charge is 0.306 e. The normalized spacial score (nSPS) is 16.6. The highest BCUT2D eigenvalue weighted by Gasteiger charge is 2.08. The van der Waals surface area contributed by atoms with Crippen LogP contribution >= 0.6 is 0 Å². The fourth-order valence-electron chi connectivity index (χ4n) is 1.63. The first-order valence-corrected chi connectivity index (χ1v) is 4.90. The standard InChI is InChI=1S/C13H15N/c1-14(2)10-9-12-8-7-11-5-3-4-6-13(11)12/h3-9H,10H2,1-2H3/b12-9-. The lowest BCUT2D eigenvalue weighted by atomic mass is 10.1. The van der Waals surface area contributed by atoms with Crippen molar-refractivity contribution in [2.75, 3.05) is 20.6 Å². The quantitative estimate of drug-likeness (QED) is 0.684. The molecule has 0 aromatic heterocycles. The van der Waals surface area contributed by atoms with Gasteiger partial charge < -0.3 is 4.90 Å². The van der Waals surface area contributed by atoms with Gasteiger partial charge in [0.15, 0.2) is 0 Å². The van der Waals surface area contributed by atoms with E-state index in [-0.39, 0.29) is 0 Å². The second-order valence-corrected chi connectivity index (χ2v) is 3.84. The minimum Gasteiger partial charge on any atom is -0.306 e. The second-order valence-electron chi connectivity index (χ2n) is 3.84. The van der Waals surface area contributed by atoms with Crippen LogP contribution in [0.4, 0.5) is 0 Å². The minimum absolute atomic E-state index is 0.994. The minimum atomic E-state index is 0.994. The van der Waals surface area contributed by atoms with Crippen molar-refractivity contribution >= 4 is 11.6 Å². The summed E-state index contributed by atoms with van der Waals surface area (Å²) < 4.78 is 0. The first-order chi connectivity index (χ1) is 6.77. The maximum atomic E-state index is 2.27. The molecule has 0 bridgehead atoms. The van der Waals surface area contributed by atoms with Gasteiger partial charge in [-0.2, -0.15) is 0 Å². The van der Waals surface area contributed by atoms with Gasteiger partial charge in [-0.1, -0.05) is 42.5 Å². The SMILES string of the molecule is CN(C)C/C=C1/C=Cc2ccccc21. The fraction of sp³-hybridized carbons (Fsp3) is 0.231. The van der Waals surface area contributed by atoms with Crippen LogP contribution in [-0.2, 0) is 0 Å². The highest BCUT2D eigenvalue weighted by molar-refractivity contribution is 5.89. The Morgan fingerprint density at radius 3 is 2.71 bits per heavy atom. The van der Waals surface area contributed by atoms with Crippen LogP contribution in [0.1, 0.15) is 11.1 Å². The van der Waals surface area contributed by atoms with E-state index in [4.69, 9.17) is 0 Å². The molecule has 0 saturated heterocycles. The van der Waals surface area contributed by atoms with Crippen LogP contribution in [0.2, 0.25) is 0 Å². The van der Waals surface area contributed by atoms with E-state index < -0.39 is 0 Å². The third-order valence-electron chi connectivity index (χ3n) is 2.39. The first-order valence-electron chi connectivity index (χ1n) is 4.90. The van der Waals surface area contributed by atoms with Crippen LogP contribution in [0.5, 0.6) is 0 Å². The number of nitrogens with zero attached hydrogens (tertiary/aromatic N) is 1. The lowest BCUT2D eigenvalue weighted by Gasteiger charge is -2.06. The van der Waals surface area contributed by atoms with Crippen molar-refractivity contribution in [1.82, 2.24) is 4.90 Å². The average molecular weight is 185 g/mol. The monoisotopic (exact) mass is 185 g/mol. The molecule has 0 unspecified atom stereocenters. The van der Waals surface area contributed by atoms with E-state index in [1.165, 1.54) is 16.7 Å². The molecular formula is C13H15N. The van der Waals surface area contributed by atoms with E-state index in [0.717, 1.165) is 6.54 Å². The van der Waals surface area contributed by atoms with Gasteiger partial charge in [-0.15, -0.1) is 0 Å². The summed E-state index contributed by atoms with van der Waals surface area (Å²) in [5.41, 5.74) is 4.03. The number of rotatable bonds is 2. The van der Waals surface area contributed by atoms with Gasteiger partial charge in [0.05, 0.1) is 0 Å². The van der Waals surface area contributed by atoms with E-state index in [2.05, 4.69) is 61.5 Å². The third-order valence-corrected chi connectivity index (χ3v) is 2.39. The zero-order valence-corrected chi connectivity index (χ0v) is 8.70. The van der Waals surface area contributed by atoms with Gasteiger partial charge in [-0.3, -0.25) is 0 Å². The van der Waals surface area contributed by atoms with Crippen molar-refractivity contribution in [3.63, 3.8) is 0 Å². The molecule has 0 fully saturated rings. The Labute approximate surface area is 85.4 Å². The first kappa shape index (κ1) is 9.22. The summed E-state index contributed by atoms with van der Waals surface area (Å²) in [7, 11) is 4.17. The lowest BCUT2D eigenvalue weighted by Crippen LogP contribution is -2.10. The molecule has 14 heavy (non-hydrogen) atoms. The summed E-state index contributed by atoms with van der Waals surface area (Å²) >= 11 is 0. The van der Waals surface area contributed by atoms with Gasteiger partial charge in [0.1, 0.15) is 0 Å². The molecule has 1 aromatic rings. The van der Waals surface area contributed by atoms with Crippen molar-refractivity contribution in [2.24, 2.45) is 0 Å². The Bertz CT molecular complexity index is 386. The van der Waals surface area contributed by atoms with E-state index >= 15 is 0 Å². The topological polar surface area (TPSA) is 3.24 Å². The Morgan fingerprint density at radius 2 is 1.93 bits per heavy atom. The van der Waals surface area contributed by atoms with Crippen molar-refractivity contribution in [3.05, 3.63) is 47.5 Å². The molecule has 72 valence electrons. The van der Waals surface area contributed by atoms with Gasteiger partial charge in [0.25, 0.3) is 0 Å². The molecule has 0 radical (unpaired) electrons. The Hall–Kier alpha value is -1.34. The summed E-state index contributed by atoms with van der Waals surface area (Å²) in [5, 5.41) is 0. The van der Waals surface area contributed by atoms with Gasteiger partial charge in [-0.05, 0) is 30.8 Å². The number of hydrogen-bond donors (Lipinski definition) is 0. The van der Waals surface area contributed by atoms with Crippen molar-refractivity contribution in [3.8, 4) is 0 Å². The van der Waals surface area contributed by atoms with Crippen LogP contribution in [0.3, 0.4) is 0 Å². The predicted octanol–water partition coefficient (Wildman–Crippen LogP) is 2.66. The van der Waals surface area contributed by atoms with E-state index in [9.17, 15) is 0 Å². The molecule has 0 aliphatic heterocycles. The molecule has 1 nitrogen and oxygen atoms in total. The van der Waals surface area contributed by atoms with Crippen LogP contribution in [0, 0.1) is 0 Å². The fourth-order valence-corrected chi connectivity index (χ4v) is 1.63. The van der Waals surface area contributed by atoms with E-state index in [1.807, 2.05) is 0 Å². The van der Waals surface area contributed by atoms with Crippen molar-refractivity contribution in [2.45, 2.75) is 0 Å².